The van der Waals surface area contributed by atoms with Gasteiger partial charge in [0.1, 0.15) is 0 Å². The molecule has 2 N–H and O–H groups in total. The molecule has 0 spiro atoms. The molecule has 0 saturated carbocycles. The number of amides is 1. The highest BCUT2D eigenvalue weighted by atomic mass is 35.5. The topological polar surface area (TPSA) is 80.5 Å². The van der Waals surface area contributed by atoms with Crippen LogP contribution in [0.1, 0.15) is 5.56 Å². The number of benzene rings is 1. The van der Waals surface area contributed by atoms with Crippen LogP contribution in [-0.2, 0) is 21.4 Å². The molecule has 17 heavy (non-hydrogen) atoms. The average Bonchev–Trinajstić information content (AvgIpc) is 2.18. The van der Waals surface area contributed by atoms with Crippen molar-refractivity contribution in [1.82, 2.24) is 4.31 Å². The maximum Gasteiger partial charge on any atom is 0.232 e. The highest BCUT2D eigenvalue weighted by molar-refractivity contribution is 7.88. The van der Waals surface area contributed by atoms with Gasteiger partial charge in [-0.25, -0.2) is 8.42 Å². The van der Waals surface area contributed by atoms with Crippen LogP contribution < -0.4 is 5.73 Å². The lowest BCUT2D eigenvalue weighted by Crippen LogP contribution is -2.37. The summed E-state index contributed by atoms with van der Waals surface area (Å²) < 4.78 is 23.9. The second-order valence-electron chi connectivity index (χ2n) is 3.59. The number of carbonyl (C=O) groups excluding carboxylic acids is 1. The van der Waals surface area contributed by atoms with Crippen molar-refractivity contribution < 1.29 is 13.2 Å². The lowest BCUT2D eigenvalue weighted by Gasteiger charge is -2.18. The first kappa shape index (κ1) is 14.0. The number of carbonyl (C=O) groups is 1. The number of hydrogen-bond donors (Lipinski definition) is 1. The largest absolute Gasteiger partial charge is 0.369 e. The highest BCUT2D eigenvalue weighted by Crippen LogP contribution is 2.18. The second-order valence-corrected chi connectivity index (χ2v) is 5.98. The third-order valence-corrected chi connectivity index (χ3v) is 3.67. The maximum atomic E-state index is 11.5. The van der Waals surface area contributed by atoms with Crippen LogP contribution in [0, 0.1) is 0 Å². The van der Waals surface area contributed by atoms with Crippen LogP contribution in [0.4, 0.5) is 0 Å². The van der Waals surface area contributed by atoms with E-state index in [4.69, 9.17) is 17.3 Å². The minimum atomic E-state index is -3.50. The van der Waals surface area contributed by atoms with E-state index < -0.39 is 15.9 Å². The molecule has 0 radical (unpaired) electrons. The minimum Gasteiger partial charge on any atom is -0.369 e. The van der Waals surface area contributed by atoms with Gasteiger partial charge in [0.05, 0.1) is 12.8 Å². The van der Waals surface area contributed by atoms with Gasteiger partial charge in [0.2, 0.25) is 15.9 Å². The summed E-state index contributed by atoms with van der Waals surface area (Å²) in [6, 6.07) is 6.83. The number of hydrogen-bond acceptors (Lipinski definition) is 3. The third kappa shape index (κ3) is 4.33. The van der Waals surface area contributed by atoms with Gasteiger partial charge in [-0.1, -0.05) is 29.8 Å². The van der Waals surface area contributed by atoms with Crippen molar-refractivity contribution >= 4 is 27.5 Å². The Kier molecular flexibility index (Phi) is 4.50. The van der Waals surface area contributed by atoms with Crippen molar-refractivity contribution in [3.05, 3.63) is 34.9 Å². The van der Waals surface area contributed by atoms with Gasteiger partial charge in [-0.15, -0.1) is 0 Å². The van der Waals surface area contributed by atoms with Crippen molar-refractivity contribution in [3.63, 3.8) is 0 Å². The van der Waals surface area contributed by atoms with E-state index in [0.29, 0.717) is 10.6 Å². The van der Waals surface area contributed by atoms with E-state index in [0.717, 1.165) is 10.6 Å². The van der Waals surface area contributed by atoms with Crippen LogP contribution in [-0.4, -0.2) is 31.4 Å². The van der Waals surface area contributed by atoms with Crippen LogP contribution in [0.25, 0.3) is 0 Å². The van der Waals surface area contributed by atoms with Crippen LogP contribution in [0.5, 0.6) is 0 Å². The Morgan fingerprint density at radius 3 is 2.47 bits per heavy atom. The molecule has 0 aromatic heterocycles. The first-order valence-electron chi connectivity index (χ1n) is 4.77. The molecule has 7 heteroatoms. The molecule has 0 aliphatic heterocycles. The highest BCUT2D eigenvalue weighted by Gasteiger charge is 2.19. The summed E-state index contributed by atoms with van der Waals surface area (Å²) in [6.45, 7) is -0.328. The molecule has 1 aromatic carbocycles. The second kappa shape index (κ2) is 5.48. The Hall–Kier alpha value is -1.11. The molecule has 0 aliphatic rings. The monoisotopic (exact) mass is 276 g/mol. The van der Waals surface area contributed by atoms with Crippen LogP contribution in [0.3, 0.4) is 0 Å². The third-order valence-electron chi connectivity index (χ3n) is 2.11. The Morgan fingerprint density at radius 2 is 2.00 bits per heavy atom. The van der Waals surface area contributed by atoms with Crippen LogP contribution >= 0.6 is 11.6 Å². The average molecular weight is 277 g/mol. The molecule has 1 amide bonds. The van der Waals surface area contributed by atoms with Gasteiger partial charge in [-0.3, -0.25) is 4.79 Å². The fraction of sp³-hybridized carbons (Fsp3) is 0.300. The number of nitrogens with zero attached hydrogens (tertiary/aromatic N) is 1. The number of nitrogens with two attached hydrogens (primary N) is 1. The first-order chi connectivity index (χ1) is 7.80. The SMILES string of the molecule is CS(=O)(=O)N(CC(N)=O)Cc1ccccc1Cl. The van der Waals surface area contributed by atoms with Crippen molar-refractivity contribution in [1.29, 1.82) is 0 Å². The Balaban J connectivity index is 2.95. The van der Waals surface area contributed by atoms with E-state index in [1.165, 1.54) is 0 Å². The summed E-state index contributed by atoms with van der Waals surface area (Å²) in [5, 5.41) is 0.450. The van der Waals surface area contributed by atoms with Crippen molar-refractivity contribution in [2.24, 2.45) is 5.73 Å². The van der Waals surface area contributed by atoms with Crippen LogP contribution in [0.15, 0.2) is 24.3 Å². The molecule has 0 atom stereocenters. The summed E-state index contributed by atoms with van der Waals surface area (Å²) in [5.41, 5.74) is 5.63. The number of rotatable bonds is 5. The fourth-order valence-electron chi connectivity index (χ4n) is 1.28. The van der Waals surface area contributed by atoms with E-state index in [-0.39, 0.29) is 13.1 Å². The number of primary amides is 1. The molecule has 1 aromatic rings. The standard InChI is InChI=1S/C10H13ClN2O3S/c1-17(15,16)13(7-10(12)14)6-8-4-2-3-5-9(8)11/h2-5H,6-7H2,1H3,(H2,12,14). The molecule has 0 unspecified atom stereocenters. The van der Waals surface area contributed by atoms with Gasteiger partial charge in [-0.2, -0.15) is 4.31 Å². The quantitative estimate of drug-likeness (QED) is 0.854. The lowest BCUT2D eigenvalue weighted by molar-refractivity contribution is -0.118. The lowest BCUT2D eigenvalue weighted by atomic mass is 10.2. The Labute approximate surface area is 105 Å². The number of halogens is 1. The van der Waals surface area contributed by atoms with Crippen molar-refractivity contribution in [3.8, 4) is 0 Å². The van der Waals surface area contributed by atoms with Crippen LogP contribution in [0.2, 0.25) is 5.02 Å². The first-order valence-corrected chi connectivity index (χ1v) is 7.00. The van der Waals surface area contributed by atoms with Crippen molar-refractivity contribution in [2.75, 3.05) is 12.8 Å². The fourth-order valence-corrected chi connectivity index (χ4v) is 2.21. The molecular weight excluding hydrogens is 264 g/mol. The van der Waals surface area contributed by atoms with Crippen molar-refractivity contribution in [2.45, 2.75) is 6.54 Å². The van der Waals surface area contributed by atoms with Gasteiger partial charge >= 0.3 is 0 Å². The maximum absolute atomic E-state index is 11.5. The van der Waals surface area contributed by atoms with Gasteiger partial charge < -0.3 is 5.73 Å². The van der Waals surface area contributed by atoms with Gasteiger partial charge in [0.25, 0.3) is 0 Å². The molecule has 0 saturated heterocycles. The summed E-state index contributed by atoms with van der Waals surface area (Å²) in [4.78, 5) is 10.8. The predicted octanol–water partition coefficient (Wildman–Crippen LogP) is 0.587. The molecule has 1 rings (SSSR count). The smallest absolute Gasteiger partial charge is 0.232 e. The summed E-state index contributed by atoms with van der Waals surface area (Å²) in [6.07, 6.45) is 1.02. The van der Waals surface area contributed by atoms with E-state index >= 15 is 0 Å². The molecule has 94 valence electrons. The zero-order valence-electron chi connectivity index (χ0n) is 9.26. The van der Waals surface area contributed by atoms with Gasteiger partial charge in [0, 0.05) is 11.6 Å². The zero-order chi connectivity index (χ0) is 13.1. The van der Waals surface area contributed by atoms with E-state index in [9.17, 15) is 13.2 Å². The van der Waals surface area contributed by atoms with Gasteiger partial charge in [-0.05, 0) is 11.6 Å². The zero-order valence-corrected chi connectivity index (χ0v) is 10.8. The predicted molar refractivity (Wildman–Crippen MR) is 65.9 cm³/mol. The van der Waals surface area contributed by atoms with E-state index in [2.05, 4.69) is 0 Å². The summed E-state index contributed by atoms with van der Waals surface area (Å²) in [7, 11) is -3.50. The molecule has 5 nitrogen and oxygen atoms in total. The van der Waals surface area contributed by atoms with Gasteiger partial charge in [0.15, 0.2) is 0 Å². The molecular formula is C10H13ClN2O3S. The Bertz CT molecular complexity index is 516. The van der Waals surface area contributed by atoms with E-state index in [1.54, 1.807) is 24.3 Å². The minimum absolute atomic E-state index is 0.0292. The number of sulfonamides is 1. The molecule has 0 heterocycles. The molecule has 0 aliphatic carbocycles. The summed E-state index contributed by atoms with van der Waals surface area (Å²) in [5.74, 6) is -0.706. The Morgan fingerprint density at radius 1 is 1.41 bits per heavy atom. The molecule has 0 bridgehead atoms. The van der Waals surface area contributed by atoms with E-state index in [1.807, 2.05) is 0 Å². The molecule has 0 fully saturated rings. The normalized spacial score (nSPS) is 11.7. The summed E-state index contributed by atoms with van der Waals surface area (Å²) >= 11 is 5.92.